The highest BCUT2D eigenvalue weighted by Crippen LogP contribution is 2.26. The summed E-state index contributed by atoms with van der Waals surface area (Å²) in [6.45, 7) is 3.03. The van der Waals surface area contributed by atoms with Crippen molar-refractivity contribution in [2.75, 3.05) is 18.8 Å². The maximum Gasteiger partial charge on any atom is 0.222 e. The van der Waals surface area contributed by atoms with Gasteiger partial charge in [0.05, 0.1) is 17.4 Å². The molecule has 0 bridgehead atoms. The van der Waals surface area contributed by atoms with E-state index in [0.717, 1.165) is 16.8 Å². The number of benzene rings is 1. The Morgan fingerprint density at radius 1 is 1.17 bits per heavy atom. The summed E-state index contributed by atoms with van der Waals surface area (Å²) < 4.78 is 1.58. The van der Waals surface area contributed by atoms with Crippen LogP contribution in [-0.2, 0) is 11.2 Å². The quantitative estimate of drug-likeness (QED) is 0.639. The smallest absolute Gasteiger partial charge is 0.222 e. The van der Waals surface area contributed by atoms with Gasteiger partial charge in [0, 0.05) is 37.8 Å². The average molecular weight is 403 g/mol. The lowest BCUT2D eigenvalue weighted by Gasteiger charge is -2.16. The molecule has 1 aromatic carbocycles. The van der Waals surface area contributed by atoms with Gasteiger partial charge >= 0.3 is 0 Å². The number of amides is 1. The van der Waals surface area contributed by atoms with Crippen molar-refractivity contribution in [3.05, 3.63) is 71.7 Å². The first-order valence-corrected chi connectivity index (χ1v) is 10.1. The topological polar surface area (TPSA) is 94.1 Å². The predicted molar refractivity (Wildman–Crippen MR) is 114 cm³/mol. The summed E-state index contributed by atoms with van der Waals surface area (Å²) in [7, 11) is 0. The number of Topliss-reactive ketones (excluding diaryl/α,β-unsaturated/α-hetero) is 1. The Morgan fingerprint density at radius 2 is 1.97 bits per heavy atom. The molecule has 3 aromatic rings. The zero-order valence-corrected chi connectivity index (χ0v) is 17.0. The highest BCUT2D eigenvalue weighted by molar-refractivity contribution is 6.02. The molecule has 0 radical (unpaired) electrons. The Labute approximate surface area is 175 Å². The second-order valence-corrected chi connectivity index (χ2v) is 7.74. The maximum atomic E-state index is 13.0. The molecule has 0 saturated carbocycles. The molecule has 1 amide bonds. The van der Waals surface area contributed by atoms with Gasteiger partial charge in [-0.05, 0) is 43.5 Å². The molecule has 1 fully saturated rings. The number of ketones is 1. The molecule has 1 saturated heterocycles. The number of hydrogen-bond acceptors (Lipinski definition) is 5. The summed E-state index contributed by atoms with van der Waals surface area (Å²) in [4.78, 5) is 31.4. The Bertz CT molecular complexity index is 1040. The van der Waals surface area contributed by atoms with Crippen LogP contribution in [0.2, 0.25) is 0 Å². The van der Waals surface area contributed by atoms with Gasteiger partial charge in [-0.2, -0.15) is 5.10 Å². The second kappa shape index (κ2) is 8.49. The zero-order valence-electron chi connectivity index (χ0n) is 17.0. The van der Waals surface area contributed by atoms with E-state index in [9.17, 15) is 9.59 Å². The lowest BCUT2D eigenvalue weighted by Crippen LogP contribution is -2.30. The van der Waals surface area contributed by atoms with Crippen molar-refractivity contribution in [3.8, 4) is 5.69 Å². The molecule has 1 aliphatic rings. The highest BCUT2D eigenvalue weighted by Gasteiger charge is 2.33. The molecule has 3 heterocycles. The van der Waals surface area contributed by atoms with Crippen molar-refractivity contribution < 1.29 is 9.59 Å². The van der Waals surface area contributed by atoms with Crippen molar-refractivity contribution >= 4 is 17.5 Å². The number of carbonyl (C=O) groups is 2. The number of pyridine rings is 1. The number of aryl methyl sites for hydroxylation is 2. The van der Waals surface area contributed by atoms with Crippen molar-refractivity contribution in [1.82, 2.24) is 19.7 Å². The summed E-state index contributed by atoms with van der Waals surface area (Å²) in [5.74, 6) is 0.112. The summed E-state index contributed by atoms with van der Waals surface area (Å²) >= 11 is 0. The number of carbonyl (C=O) groups excluding carboxylic acids is 2. The maximum absolute atomic E-state index is 13.0. The van der Waals surface area contributed by atoms with E-state index in [0.29, 0.717) is 43.7 Å². The second-order valence-electron chi connectivity index (χ2n) is 7.74. The lowest BCUT2D eigenvalue weighted by atomic mass is 9.98. The molecule has 0 spiro atoms. The molecule has 2 aromatic heterocycles. The molecule has 2 N–H and O–H groups in total. The van der Waals surface area contributed by atoms with Crippen LogP contribution in [0.3, 0.4) is 0 Å². The van der Waals surface area contributed by atoms with Crippen molar-refractivity contribution in [2.24, 2.45) is 5.92 Å². The van der Waals surface area contributed by atoms with E-state index < -0.39 is 0 Å². The van der Waals surface area contributed by atoms with Crippen LogP contribution in [0.15, 0.2) is 55.0 Å². The molecule has 7 nitrogen and oxygen atoms in total. The summed E-state index contributed by atoms with van der Waals surface area (Å²) in [5, 5.41) is 4.31. The minimum absolute atomic E-state index is 0.0478. The molecule has 154 valence electrons. The molecular formula is C23H25N5O2. The molecule has 7 heteroatoms. The van der Waals surface area contributed by atoms with Gasteiger partial charge in [0.25, 0.3) is 0 Å². The molecule has 0 aliphatic carbocycles. The average Bonchev–Trinajstić information content (AvgIpc) is 3.40. The van der Waals surface area contributed by atoms with E-state index in [1.54, 1.807) is 22.0 Å². The van der Waals surface area contributed by atoms with Crippen LogP contribution in [0.4, 0.5) is 5.82 Å². The number of aromatic nitrogens is 3. The minimum atomic E-state index is -0.245. The fourth-order valence-electron chi connectivity index (χ4n) is 3.82. The van der Waals surface area contributed by atoms with Crippen LogP contribution >= 0.6 is 0 Å². The number of anilines is 1. The molecule has 1 unspecified atom stereocenters. The van der Waals surface area contributed by atoms with Gasteiger partial charge in [-0.3, -0.25) is 14.6 Å². The van der Waals surface area contributed by atoms with Gasteiger partial charge in [0.1, 0.15) is 5.82 Å². The summed E-state index contributed by atoms with van der Waals surface area (Å²) in [5.41, 5.74) is 9.65. The van der Waals surface area contributed by atoms with Gasteiger partial charge in [0.2, 0.25) is 5.91 Å². The van der Waals surface area contributed by atoms with Crippen molar-refractivity contribution in [1.29, 1.82) is 0 Å². The SMILES string of the molecule is Cc1ccc(-n2ncc(C(=O)C3CCN(C(=O)CCc4cccnc4)C3)c2N)cc1. The fraction of sp³-hybridized carbons (Fsp3) is 0.304. The first-order valence-electron chi connectivity index (χ1n) is 10.1. The van der Waals surface area contributed by atoms with Crippen molar-refractivity contribution in [2.45, 2.75) is 26.2 Å². The third-order valence-electron chi connectivity index (χ3n) is 5.61. The lowest BCUT2D eigenvalue weighted by molar-refractivity contribution is -0.130. The van der Waals surface area contributed by atoms with Crippen LogP contribution in [0.5, 0.6) is 0 Å². The number of nitrogen functional groups attached to an aromatic ring is 1. The van der Waals surface area contributed by atoms with E-state index in [1.807, 2.05) is 43.3 Å². The van der Waals surface area contributed by atoms with Crippen LogP contribution in [0.1, 0.15) is 34.3 Å². The molecular weight excluding hydrogens is 378 g/mol. The van der Waals surface area contributed by atoms with Crippen LogP contribution in [0, 0.1) is 12.8 Å². The minimum Gasteiger partial charge on any atom is -0.383 e. The van der Waals surface area contributed by atoms with Crippen molar-refractivity contribution in [3.63, 3.8) is 0 Å². The van der Waals surface area contributed by atoms with Crippen LogP contribution in [-0.4, -0.2) is 44.4 Å². The van der Waals surface area contributed by atoms with Gasteiger partial charge < -0.3 is 10.6 Å². The van der Waals surface area contributed by atoms with Gasteiger partial charge in [-0.1, -0.05) is 23.8 Å². The number of nitrogens with zero attached hydrogens (tertiary/aromatic N) is 4. The van der Waals surface area contributed by atoms with E-state index in [1.165, 1.54) is 6.20 Å². The normalized spacial score (nSPS) is 16.0. The first-order chi connectivity index (χ1) is 14.5. The third-order valence-corrected chi connectivity index (χ3v) is 5.61. The summed E-state index contributed by atoms with van der Waals surface area (Å²) in [6.07, 6.45) is 6.74. The Hall–Kier alpha value is -3.48. The fourth-order valence-corrected chi connectivity index (χ4v) is 3.82. The number of nitrogens with two attached hydrogens (primary N) is 1. The molecule has 1 atom stereocenters. The predicted octanol–water partition coefficient (Wildman–Crippen LogP) is 2.82. The number of likely N-dealkylation sites (tertiary alicyclic amines) is 1. The highest BCUT2D eigenvalue weighted by atomic mass is 16.2. The van der Waals surface area contributed by atoms with Gasteiger partial charge in [0.15, 0.2) is 5.78 Å². The molecule has 1 aliphatic heterocycles. The van der Waals surface area contributed by atoms with E-state index in [2.05, 4.69) is 10.1 Å². The first kappa shape index (κ1) is 19.8. The third kappa shape index (κ3) is 4.10. The molecule has 4 rings (SSSR count). The Morgan fingerprint density at radius 3 is 2.70 bits per heavy atom. The Balaban J connectivity index is 1.39. The number of hydrogen-bond donors (Lipinski definition) is 1. The van der Waals surface area contributed by atoms with E-state index in [-0.39, 0.29) is 17.6 Å². The van der Waals surface area contributed by atoms with Gasteiger partial charge in [-0.15, -0.1) is 0 Å². The molecule has 30 heavy (non-hydrogen) atoms. The van der Waals surface area contributed by atoms with Crippen LogP contribution < -0.4 is 5.73 Å². The Kier molecular flexibility index (Phi) is 5.61. The van der Waals surface area contributed by atoms with Gasteiger partial charge in [-0.25, -0.2) is 4.68 Å². The largest absolute Gasteiger partial charge is 0.383 e. The monoisotopic (exact) mass is 403 g/mol. The zero-order chi connectivity index (χ0) is 21.1. The standard InChI is InChI=1S/C23H25N5O2/c1-16-4-7-19(8-5-16)28-23(24)20(14-26-28)22(30)18-10-12-27(15-18)21(29)9-6-17-3-2-11-25-13-17/h2-5,7-8,11,13-14,18H,6,9-10,12,15,24H2,1H3. The van der Waals surface area contributed by atoms with E-state index >= 15 is 0 Å². The van der Waals surface area contributed by atoms with E-state index in [4.69, 9.17) is 5.73 Å². The number of rotatable bonds is 6. The van der Waals surface area contributed by atoms with Crippen LogP contribution in [0.25, 0.3) is 5.69 Å². The summed E-state index contributed by atoms with van der Waals surface area (Å²) in [6, 6.07) is 11.6.